The Balaban J connectivity index is 1.37. The van der Waals surface area contributed by atoms with Crippen molar-refractivity contribution >= 4 is 29.2 Å². The number of carbonyl (C=O) groups excluding carboxylic acids is 3. The number of nitrogens with one attached hydrogen (secondary N) is 1. The molecule has 2 aromatic carbocycles. The van der Waals surface area contributed by atoms with Crippen molar-refractivity contribution in [2.45, 2.75) is 84.3 Å². The zero-order valence-corrected chi connectivity index (χ0v) is 24.6. The molecule has 0 aromatic heterocycles. The van der Waals surface area contributed by atoms with Crippen LogP contribution in [-0.4, -0.2) is 53.6 Å². The maximum absolute atomic E-state index is 13.2. The van der Waals surface area contributed by atoms with Crippen LogP contribution in [0.5, 0.6) is 0 Å². The van der Waals surface area contributed by atoms with Gasteiger partial charge in [0.15, 0.2) is 0 Å². The maximum Gasteiger partial charge on any atom is 0.278 e. The standard InChI is InChI=1S/C33H43N5O3/c1-21(2)35-32(40)26-10-12-28(13-11-26)38-29-18-23(20-37-16-14-24(15-17-37)31(34)39)6-9-27(29)19-30(38)36-33(41)25-7-4-22(3)5-8-25/h4-9,18,21,24,26,28H,10-17,19-20H2,1-3H3,(H2,34,39)(H,35,40). The minimum Gasteiger partial charge on any atom is -0.369 e. The number of fused-ring (bicyclic) bond motifs is 1. The summed E-state index contributed by atoms with van der Waals surface area (Å²) in [4.78, 5) is 46.9. The van der Waals surface area contributed by atoms with Gasteiger partial charge in [0.2, 0.25) is 11.8 Å². The van der Waals surface area contributed by atoms with Crippen LogP contribution in [0, 0.1) is 18.8 Å². The summed E-state index contributed by atoms with van der Waals surface area (Å²) in [5.74, 6) is 0.525. The van der Waals surface area contributed by atoms with E-state index in [1.165, 1.54) is 11.1 Å². The molecule has 2 heterocycles. The zero-order chi connectivity index (χ0) is 29.1. The number of primary amides is 1. The number of nitrogens with two attached hydrogens (primary N) is 1. The highest BCUT2D eigenvalue weighted by Crippen LogP contribution is 2.38. The van der Waals surface area contributed by atoms with Crippen molar-refractivity contribution < 1.29 is 14.4 Å². The quantitative estimate of drug-likeness (QED) is 0.525. The van der Waals surface area contributed by atoms with Gasteiger partial charge >= 0.3 is 0 Å². The van der Waals surface area contributed by atoms with Gasteiger partial charge in [-0.2, -0.15) is 4.99 Å². The summed E-state index contributed by atoms with van der Waals surface area (Å²) in [6.45, 7) is 8.52. The Bertz CT molecular complexity index is 1300. The van der Waals surface area contributed by atoms with E-state index in [9.17, 15) is 14.4 Å². The van der Waals surface area contributed by atoms with Gasteiger partial charge in [0.25, 0.3) is 5.91 Å². The van der Waals surface area contributed by atoms with E-state index < -0.39 is 0 Å². The molecular weight excluding hydrogens is 514 g/mol. The van der Waals surface area contributed by atoms with Crippen molar-refractivity contribution in [3.8, 4) is 0 Å². The lowest BCUT2D eigenvalue weighted by atomic mass is 9.84. The summed E-state index contributed by atoms with van der Waals surface area (Å²) >= 11 is 0. The fraction of sp³-hybridized carbons (Fsp3) is 0.515. The van der Waals surface area contributed by atoms with Gasteiger partial charge in [0, 0.05) is 48.1 Å². The number of anilines is 1. The summed E-state index contributed by atoms with van der Waals surface area (Å²) in [6.07, 6.45) is 5.61. The van der Waals surface area contributed by atoms with E-state index in [4.69, 9.17) is 5.73 Å². The summed E-state index contributed by atoms with van der Waals surface area (Å²) < 4.78 is 0. The number of hydrogen-bond donors (Lipinski definition) is 2. The van der Waals surface area contributed by atoms with Crippen LogP contribution in [0.25, 0.3) is 0 Å². The van der Waals surface area contributed by atoms with Crippen LogP contribution < -0.4 is 16.0 Å². The second kappa shape index (κ2) is 12.6. The molecule has 8 heteroatoms. The van der Waals surface area contributed by atoms with E-state index in [2.05, 4.69) is 38.3 Å². The van der Waals surface area contributed by atoms with Crippen LogP contribution in [0.3, 0.4) is 0 Å². The van der Waals surface area contributed by atoms with Crippen LogP contribution in [0.1, 0.15) is 79.4 Å². The fourth-order valence-corrected chi connectivity index (χ4v) is 6.49. The second-order valence-electron chi connectivity index (χ2n) is 12.3. The molecule has 0 radical (unpaired) electrons. The van der Waals surface area contributed by atoms with Gasteiger partial charge in [-0.05, 0) is 102 Å². The second-order valence-corrected chi connectivity index (χ2v) is 12.3. The van der Waals surface area contributed by atoms with E-state index in [1.807, 2.05) is 45.0 Å². The highest BCUT2D eigenvalue weighted by molar-refractivity contribution is 6.12. The normalized spacial score (nSPS) is 22.6. The highest BCUT2D eigenvalue weighted by Gasteiger charge is 2.36. The zero-order valence-electron chi connectivity index (χ0n) is 24.6. The van der Waals surface area contributed by atoms with E-state index in [1.54, 1.807) is 0 Å². The van der Waals surface area contributed by atoms with Crippen molar-refractivity contribution in [1.29, 1.82) is 0 Å². The number of carbonyl (C=O) groups is 3. The Morgan fingerprint density at radius 2 is 1.63 bits per heavy atom. The van der Waals surface area contributed by atoms with Gasteiger partial charge in [-0.1, -0.05) is 29.8 Å². The first-order valence-corrected chi connectivity index (χ1v) is 15.1. The third-order valence-corrected chi connectivity index (χ3v) is 8.82. The Hall–Kier alpha value is -3.52. The molecule has 0 spiro atoms. The molecule has 218 valence electrons. The molecule has 2 fully saturated rings. The van der Waals surface area contributed by atoms with Crippen molar-refractivity contribution in [3.05, 3.63) is 64.7 Å². The van der Waals surface area contributed by atoms with E-state index in [0.29, 0.717) is 12.0 Å². The molecule has 1 saturated carbocycles. The number of benzene rings is 2. The fourth-order valence-electron chi connectivity index (χ4n) is 6.49. The van der Waals surface area contributed by atoms with Gasteiger partial charge in [-0.15, -0.1) is 0 Å². The number of aliphatic imine (C=N–C) groups is 1. The summed E-state index contributed by atoms with van der Waals surface area (Å²) in [7, 11) is 0. The number of aryl methyl sites for hydroxylation is 1. The lowest BCUT2D eigenvalue weighted by molar-refractivity contribution is -0.126. The summed E-state index contributed by atoms with van der Waals surface area (Å²) in [6, 6.07) is 14.5. The molecule has 8 nitrogen and oxygen atoms in total. The topological polar surface area (TPSA) is 108 Å². The average Bonchev–Trinajstić information content (AvgIpc) is 3.30. The third kappa shape index (κ3) is 6.87. The van der Waals surface area contributed by atoms with Crippen LogP contribution in [-0.2, 0) is 22.6 Å². The lowest BCUT2D eigenvalue weighted by Crippen LogP contribution is -2.44. The van der Waals surface area contributed by atoms with Gasteiger partial charge in [0.1, 0.15) is 5.84 Å². The number of rotatable bonds is 7. The molecule has 0 unspecified atom stereocenters. The van der Waals surface area contributed by atoms with Gasteiger partial charge in [-0.3, -0.25) is 19.3 Å². The lowest BCUT2D eigenvalue weighted by Gasteiger charge is -2.36. The number of nitrogens with zero attached hydrogens (tertiary/aromatic N) is 3. The van der Waals surface area contributed by atoms with E-state index in [0.717, 1.165) is 75.2 Å². The predicted molar refractivity (Wildman–Crippen MR) is 162 cm³/mol. The predicted octanol–water partition coefficient (Wildman–Crippen LogP) is 4.38. The molecule has 3 amide bonds. The highest BCUT2D eigenvalue weighted by atomic mass is 16.2. The molecule has 1 aliphatic carbocycles. The average molecular weight is 558 g/mol. The Labute approximate surface area is 243 Å². The SMILES string of the molecule is Cc1ccc(C(=O)N=C2Cc3ccc(CN4CCC(C(N)=O)CC4)cc3N2C2CCC(C(=O)NC(C)C)CC2)cc1. The first kappa shape index (κ1) is 29.0. The van der Waals surface area contributed by atoms with Crippen molar-refractivity contribution in [2.24, 2.45) is 22.6 Å². The monoisotopic (exact) mass is 557 g/mol. The van der Waals surface area contributed by atoms with Crippen molar-refractivity contribution in [2.75, 3.05) is 18.0 Å². The molecule has 2 aliphatic heterocycles. The molecule has 1 saturated heterocycles. The van der Waals surface area contributed by atoms with Crippen molar-refractivity contribution in [1.82, 2.24) is 10.2 Å². The molecule has 5 rings (SSSR count). The first-order chi connectivity index (χ1) is 19.7. The maximum atomic E-state index is 13.2. The molecule has 0 bridgehead atoms. The van der Waals surface area contributed by atoms with Crippen LogP contribution in [0.2, 0.25) is 0 Å². The van der Waals surface area contributed by atoms with Crippen LogP contribution >= 0.6 is 0 Å². The first-order valence-electron chi connectivity index (χ1n) is 15.1. The number of amidine groups is 1. The van der Waals surface area contributed by atoms with Crippen LogP contribution in [0.4, 0.5) is 5.69 Å². The van der Waals surface area contributed by atoms with Gasteiger partial charge < -0.3 is 16.0 Å². The van der Waals surface area contributed by atoms with Crippen molar-refractivity contribution in [3.63, 3.8) is 0 Å². The minimum absolute atomic E-state index is 0.0238. The van der Waals surface area contributed by atoms with Crippen LogP contribution in [0.15, 0.2) is 47.5 Å². The number of amides is 3. The number of likely N-dealkylation sites (tertiary alicyclic amines) is 1. The Morgan fingerprint density at radius 3 is 2.27 bits per heavy atom. The Morgan fingerprint density at radius 1 is 0.951 bits per heavy atom. The largest absolute Gasteiger partial charge is 0.369 e. The molecular formula is C33H43N5O3. The number of piperidine rings is 1. The number of hydrogen-bond acceptors (Lipinski definition) is 4. The van der Waals surface area contributed by atoms with E-state index in [-0.39, 0.29) is 41.6 Å². The van der Waals surface area contributed by atoms with E-state index >= 15 is 0 Å². The summed E-state index contributed by atoms with van der Waals surface area (Å²) in [5.41, 5.74) is 10.7. The van der Waals surface area contributed by atoms with Gasteiger partial charge in [-0.25, -0.2) is 0 Å². The molecule has 0 atom stereocenters. The molecule has 41 heavy (non-hydrogen) atoms. The molecule has 3 N–H and O–H groups in total. The Kier molecular flexibility index (Phi) is 8.88. The smallest absolute Gasteiger partial charge is 0.278 e. The third-order valence-electron chi connectivity index (χ3n) is 8.82. The molecule has 3 aliphatic rings. The van der Waals surface area contributed by atoms with Gasteiger partial charge in [0.05, 0.1) is 0 Å². The minimum atomic E-state index is -0.222. The molecule has 2 aromatic rings. The summed E-state index contributed by atoms with van der Waals surface area (Å²) in [5, 5.41) is 3.07.